The van der Waals surface area contributed by atoms with Gasteiger partial charge in [0.05, 0.1) is 5.69 Å². The molecule has 0 radical (unpaired) electrons. The summed E-state index contributed by atoms with van der Waals surface area (Å²) in [6.07, 6.45) is 2.10. The van der Waals surface area contributed by atoms with Gasteiger partial charge in [0.2, 0.25) is 0 Å². The van der Waals surface area contributed by atoms with Gasteiger partial charge in [0.15, 0.2) is 0 Å². The molecular weight excluding hydrogens is 240 g/mol. The third-order valence-corrected chi connectivity index (χ3v) is 5.12. The molecule has 2 rings (SSSR count). The van der Waals surface area contributed by atoms with Gasteiger partial charge in [-0.3, -0.25) is 4.68 Å². The first kappa shape index (κ1) is 12.3. The fraction of sp³-hybridized carbons (Fsp3) is 0.750. The lowest BCUT2D eigenvalue weighted by Gasteiger charge is -2.13. The van der Waals surface area contributed by atoms with Crippen LogP contribution in [-0.2, 0) is 19.4 Å². The lowest BCUT2D eigenvalue weighted by atomic mass is 10.0. The van der Waals surface area contributed by atoms with Crippen molar-refractivity contribution in [1.82, 2.24) is 9.78 Å². The van der Waals surface area contributed by atoms with Gasteiger partial charge in [0.25, 0.3) is 0 Å². The lowest BCUT2D eigenvalue weighted by molar-refractivity contribution is 0.542. The van der Waals surface area contributed by atoms with Crippen LogP contribution in [0.3, 0.4) is 0 Å². The van der Waals surface area contributed by atoms with Crippen LogP contribution in [-0.4, -0.2) is 26.7 Å². The third-order valence-electron chi connectivity index (χ3n) is 3.17. The van der Waals surface area contributed by atoms with Gasteiger partial charge < -0.3 is 0 Å². The van der Waals surface area contributed by atoms with E-state index in [9.17, 15) is 0 Å². The number of hydrogen-bond donors (Lipinski definition) is 0. The van der Waals surface area contributed by atoms with Gasteiger partial charge in [0, 0.05) is 23.4 Å². The van der Waals surface area contributed by atoms with Crippen LogP contribution in [0.1, 0.15) is 25.2 Å². The van der Waals surface area contributed by atoms with Gasteiger partial charge >= 0.3 is 0 Å². The minimum absolute atomic E-state index is 0.343. The predicted molar refractivity (Wildman–Crippen MR) is 71.4 cm³/mol. The van der Waals surface area contributed by atoms with Gasteiger partial charge in [0.1, 0.15) is 0 Å². The summed E-state index contributed by atoms with van der Waals surface area (Å²) in [5.41, 5.74) is 2.56. The average Bonchev–Trinajstić information content (AvgIpc) is 2.86. The van der Waals surface area contributed by atoms with E-state index in [1.807, 2.05) is 11.8 Å². The summed E-state index contributed by atoms with van der Waals surface area (Å²) >= 11 is 8.29. The first-order valence-corrected chi connectivity index (χ1v) is 7.61. The molecule has 0 bridgehead atoms. The van der Waals surface area contributed by atoms with E-state index >= 15 is 0 Å². The molecule has 1 fully saturated rings. The van der Waals surface area contributed by atoms with Crippen LogP contribution >= 0.6 is 23.4 Å². The maximum Gasteiger partial charge on any atom is 0.0624 e. The van der Waals surface area contributed by atoms with Gasteiger partial charge in [-0.05, 0) is 37.5 Å². The Morgan fingerprint density at radius 3 is 2.88 bits per heavy atom. The normalized spacial score (nSPS) is 25.2. The highest BCUT2D eigenvalue weighted by Crippen LogP contribution is 2.31. The van der Waals surface area contributed by atoms with Crippen molar-refractivity contribution in [3.05, 3.63) is 17.5 Å². The standard InChI is InChI=1S/C12H19ClN2S/c1-3-10-6-11(15(4-2)14-10)5-9-7-16-8-12(9)13/h6,9,12H,3-5,7-8H2,1-2H3. The number of thioether (sulfide) groups is 1. The number of halogens is 1. The number of aromatic nitrogens is 2. The zero-order valence-corrected chi connectivity index (χ0v) is 11.5. The third kappa shape index (κ3) is 2.57. The van der Waals surface area contributed by atoms with Crippen molar-refractivity contribution in [2.75, 3.05) is 11.5 Å². The molecule has 16 heavy (non-hydrogen) atoms. The molecule has 4 heteroatoms. The summed E-state index contributed by atoms with van der Waals surface area (Å²) in [6, 6.07) is 2.25. The van der Waals surface area contributed by atoms with Crippen molar-refractivity contribution in [2.24, 2.45) is 5.92 Å². The second-order valence-corrected chi connectivity index (χ2v) is 5.95. The Balaban J connectivity index is 2.10. The Morgan fingerprint density at radius 2 is 2.31 bits per heavy atom. The summed E-state index contributed by atoms with van der Waals surface area (Å²) in [6.45, 7) is 5.27. The molecule has 1 aliphatic heterocycles. The average molecular weight is 259 g/mol. The summed E-state index contributed by atoms with van der Waals surface area (Å²) in [7, 11) is 0. The van der Waals surface area contributed by atoms with Crippen LogP contribution in [0.25, 0.3) is 0 Å². The van der Waals surface area contributed by atoms with Crippen molar-refractivity contribution in [3.63, 3.8) is 0 Å². The fourth-order valence-corrected chi connectivity index (χ4v) is 3.99. The number of hydrogen-bond acceptors (Lipinski definition) is 2. The number of aryl methyl sites for hydroxylation is 2. The van der Waals surface area contributed by atoms with Gasteiger partial charge in [-0.2, -0.15) is 16.9 Å². The predicted octanol–water partition coefficient (Wildman–Crippen LogP) is 2.98. The van der Waals surface area contributed by atoms with Crippen LogP contribution in [0.5, 0.6) is 0 Å². The van der Waals surface area contributed by atoms with Crippen LogP contribution in [0.2, 0.25) is 0 Å². The van der Waals surface area contributed by atoms with Crippen molar-refractivity contribution in [1.29, 1.82) is 0 Å². The van der Waals surface area contributed by atoms with Gasteiger partial charge in [-0.15, -0.1) is 11.6 Å². The molecule has 2 heterocycles. The highest BCUT2D eigenvalue weighted by Gasteiger charge is 2.27. The van der Waals surface area contributed by atoms with E-state index in [4.69, 9.17) is 11.6 Å². The molecule has 1 aliphatic rings. The summed E-state index contributed by atoms with van der Waals surface area (Å²) < 4.78 is 2.13. The molecule has 1 aromatic rings. The largest absolute Gasteiger partial charge is 0.270 e. The second kappa shape index (κ2) is 5.46. The Hall–Kier alpha value is -0.150. The van der Waals surface area contributed by atoms with Crippen molar-refractivity contribution in [2.45, 2.75) is 38.6 Å². The summed E-state index contributed by atoms with van der Waals surface area (Å²) in [4.78, 5) is 0. The molecule has 0 amide bonds. The molecule has 0 aliphatic carbocycles. The first-order chi connectivity index (χ1) is 7.74. The van der Waals surface area contributed by atoms with E-state index < -0.39 is 0 Å². The Bertz CT molecular complexity index is 351. The van der Waals surface area contributed by atoms with Crippen molar-refractivity contribution < 1.29 is 0 Å². The molecule has 2 unspecified atom stereocenters. The smallest absolute Gasteiger partial charge is 0.0624 e. The second-order valence-electron chi connectivity index (χ2n) is 4.31. The molecule has 2 nitrogen and oxygen atoms in total. The van der Waals surface area contributed by atoms with E-state index in [-0.39, 0.29) is 0 Å². The SMILES string of the molecule is CCc1cc(CC2CSCC2Cl)n(CC)n1. The molecule has 0 saturated carbocycles. The zero-order chi connectivity index (χ0) is 11.5. The van der Waals surface area contributed by atoms with E-state index in [2.05, 4.69) is 29.7 Å². The lowest BCUT2D eigenvalue weighted by Crippen LogP contribution is -2.17. The Kier molecular flexibility index (Phi) is 4.20. The Morgan fingerprint density at radius 1 is 1.50 bits per heavy atom. The number of alkyl halides is 1. The minimum Gasteiger partial charge on any atom is -0.270 e. The van der Waals surface area contributed by atoms with Crippen molar-refractivity contribution >= 4 is 23.4 Å². The zero-order valence-electron chi connectivity index (χ0n) is 9.95. The molecule has 0 N–H and O–H groups in total. The first-order valence-electron chi connectivity index (χ1n) is 6.02. The maximum atomic E-state index is 6.31. The number of rotatable bonds is 4. The van der Waals surface area contributed by atoms with E-state index in [0.29, 0.717) is 11.3 Å². The topological polar surface area (TPSA) is 17.8 Å². The highest BCUT2D eigenvalue weighted by atomic mass is 35.5. The van der Waals surface area contributed by atoms with Crippen LogP contribution in [0, 0.1) is 5.92 Å². The molecule has 0 aromatic carbocycles. The van der Waals surface area contributed by atoms with Gasteiger partial charge in [-0.1, -0.05) is 6.92 Å². The Labute approximate surface area is 107 Å². The van der Waals surface area contributed by atoms with E-state index in [1.54, 1.807) is 0 Å². The fourth-order valence-electron chi connectivity index (χ4n) is 2.15. The molecular formula is C12H19ClN2S. The maximum absolute atomic E-state index is 6.31. The van der Waals surface area contributed by atoms with Crippen LogP contribution in [0.4, 0.5) is 0 Å². The monoisotopic (exact) mass is 258 g/mol. The molecule has 1 saturated heterocycles. The molecule has 1 aromatic heterocycles. The van der Waals surface area contributed by atoms with Gasteiger partial charge in [-0.25, -0.2) is 0 Å². The van der Waals surface area contributed by atoms with E-state index in [1.165, 1.54) is 17.1 Å². The minimum atomic E-state index is 0.343. The molecule has 0 spiro atoms. The van der Waals surface area contributed by atoms with E-state index in [0.717, 1.165) is 25.1 Å². The molecule has 90 valence electrons. The molecule has 2 atom stereocenters. The summed E-state index contributed by atoms with van der Waals surface area (Å²) in [5, 5.41) is 4.92. The highest BCUT2D eigenvalue weighted by molar-refractivity contribution is 7.99. The quantitative estimate of drug-likeness (QED) is 0.773. The summed E-state index contributed by atoms with van der Waals surface area (Å²) in [5.74, 6) is 2.93. The van der Waals surface area contributed by atoms with Crippen LogP contribution in [0.15, 0.2) is 6.07 Å². The van der Waals surface area contributed by atoms with Crippen molar-refractivity contribution in [3.8, 4) is 0 Å². The van der Waals surface area contributed by atoms with Crippen LogP contribution < -0.4 is 0 Å². The number of nitrogens with zero attached hydrogens (tertiary/aromatic N) is 2.